The van der Waals surface area contributed by atoms with Crippen molar-refractivity contribution < 1.29 is 4.42 Å². The van der Waals surface area contributed by atoms with Crippen molar-refractivity contribution in [1.29, 1.82) is 0 Å². The van der Waals surface area contributed by atoms with Crippen LogP contribution in [0.1, 0.15) is 0 Å². The quantitative estimate of drug-likeness (QED) is 0.167. The molecule has 8 aromatic carbocycles. The third-order valence-corrected chi connectivity index (χ3v) is 10.2. The maximum atomic E-state index is 6.04. The van der Waals surface area contributed by atoms with Crippen molar-refractivity contribution in [1.82, 2.24) is 14.8 Å². The number of para-hydroxylation sites is 1. The molecule has 0 saturated carbocycles. The van der Waals surface area contributed by atoms with Crippen LogP contribution in [0.3, 0.4) is 0 Å². The first kappa shape index (κ1) is 31.4. The first-order valence-electron chi connectivity index (χ1n) is 18.2. The van der Waals surface area contributed by atoms with Crippen LogP contribution in [0.15, 0.2) is 205 Å². The number of aromatic nitrogens is 3. The zero-order chi connectivity index (χ0) is 35.8. The lowest BCUT2D eigenvalue weighted by molar-refractivity contribution is 0.584. The normalized spacial score (nSPS) is 11.3. The van der Waals surface area contributed by atoms with Gasteiger partial charge in [-0.05, 0) is 99.1 Å². The molecule has 0 spiro atoms. The van der Waals surface area contributed by atoms with Crippen molar-refractivity contribution in [3.63, 3.8) is 0 Å². The van der Waals surface area contributed by atoms with Crippen molar-refractivity contribution in [2.75, 3.05) is 0 Å². The fourth-order valence-corrected chi connectivity index (χ4v) is 7.62. The van der Waals surface area contributed by atoms with Crippen molar-refractivity contribution in [2.45, 2.75) is 0 Å². The Bertz CT molecular complexity index is 2910. The SMILES string of the molecule is c1ccc(-c2ccc(-n3c4ccccc4c4cc(-c5ccccc5-c5ccccc5-c5ccc(-c6nnc(-c7ccccc7)o6)cc5)ccc43)cc2)cc1. The summed E-state index contributed by atoms with van der Waals surface area (Å²) in [5, 5.41) is 11.1. The predicted octanol–water partition coefficient (Wildman–Crippen LogP) is 13.2. The highest BCUT2D eigenvalue weighted by Gasteiger charge is 2.17. The molecule has 0 radical (unpaired) electrons. The van der Waals surface area contributed by atoms with Crippen LogP contribution in [0, 0.1) is 0 Å². The zero-order valence-corrected chi connectivity index (χ0v) is 29.3. The van der Waals surface area contributed by atoms with Gasteiger partial charge in [0.25, 0.3) is 0 Å². The molecule has 0 N–H and O–H groups in total. The first-order chi connectivity index (χ1) is 26.8. The van der Waals surface area contributed by atoms with E-state index in [-0.39, 0.29) is 0 Å². The van der Waals surface area contributed by atoms with Crippen LogP contribution < -0.4 is 0 Å². The van der Waals surface area contributed by atoms with E-state index >= 15 is 0 Å². The number of benzene rings is 8. The lowest BCUT2D eigenvalue weighted by atomic mass is 9.89. The number of nitrogens with zero attached hydrogens (tertiary/aromatic N) is 3. The molecule has 0 aliphatic rings. The molecular formula is C50H33N3O. The van der Waals surface area contributed by atoms with Gasteiger partial charge in [0.15, 0.2) is 0 Å². The Morgan fingerprint density at radius 1 is 0.315 bits per heavy atom. The van der Waals surface area contributed by atoms with Gasteiger partial charge >= 0.3 is 0 Å². The highest BCUT2D eigenvalue weighted by Crippen LogP contribution is 2.41. The molecular weight excluding hydrogens is 659 g/mol. The van der Waals surface area contributed by atoms with E-state index in [2.05, 4.69) is 185 Å². The van der Waals surface area contributed by atoms with E-state index in [1.165, 1.54) is 55.2 Å². The maximum Gasteiger partial charge on any atom is 0.248 e. The van der Waals surface area contributed by atoms with Crippen LogP contribution in [0.4, 0.5) is 0 Å². The van der Waals surface area contributed by atoms with Crippen molar-refractivity contribution >= 4 is 21.8 Å². The summed E-state index contributed by atoms with van der Waals surface area (Å²) in [7, 11) is 0. The minimum atomic E-state index is 0.500. The Balaban J connectivity index is 1.02. The Hall–Kier alpha value is -7.30. The molecule has 2 heterocycles. The van der Waals surface area contributed by atoms with E-state index in [1.807, 2.05) is 30.3 Å². The topological polar surface area (TPSA) is 43.9 Å². The summed E-state index contributed by atoms with van der Waals surface area (Å²) in [6.07, 6.45) is 0. The van der Waals surface area contributed by atoms with E-state index in [0.29, 0.717) is 11.8 Å². The molecule has 54 heavy (non-hydrogen) atoms. The minimum absolute atomic E-state index is 0.500. The summed E-state index contributed by atoms with van der Waals surface area (Å²) in [6, 6.07) is 70.6. The summed E-state index contributed by atoms with van der Waals surface area (Å²) in [5.41, 5.74) is 14.7. The summed E-state index contributed by atoms with van der Waals surface area (Å²) in [4.78, 5) is 0. The lowest BCUT2D eigenvalue weighted by Crippen LogP contribution is -1.94. The first-order valence-corrected chi connectivity index (χ1v) is 18.2. The van der Waals surface area contributed by atoms with Gasteiger partial charge in [0, 0.05) is 27.6 Å². The average molecular weight is 692 g/mol. The molecule has 10 rings (SSSR count). The third-order valence-electron chi connectivity index (χ3n) is 10.2. The Labute approximate surface area is 313 Å². The standard InChI is InChI=1S/C50H33N3O/c1-3-13-34(14-4-1)35-27-30-40(31-28-35)53-47-22-12-11-21-45(47)46-33-39(29-32-48(46)53)42-18-8-10-20-44(42)43-19-9-7-17-41(43)36-23-25-38(26-24-36)50-52-51-49(54-50)37-15-5-2-6-16-37/h1-33H. The molecule has 254 valence electrons. The second-order valence-corrected chi connectivity index (χ2v) is 13.4. The van der Waals surface area contributed by atoms with Crippen LogP contribution in [0.5, 0.6) is 0 Å². The average Bonchev–Trinajstić information content (AvgIpc) is 3.88. The second kappa shape index (κ2) is 13.4. The molecule has 4 heteroatoms. The summed E-state index contributed by atoms with van der Waals surface area (Å²) < 4.78 is 8.42. The van der Waals surface area contributed by atoms with Gasteiger partial charge in [0.05, 0.1) is 11.0 Å². The smallest absolute Gasteiger partial charge is 0.248 e. The van der Waals surface area contributed by atoms with E-state index in [9.17, 15) is 0 Å². The van der Waals surface area contributed by atoms with E-state index in [4.69, 9.17) is 4.42 Å². The largest absolute Gasteiger partial charge is 0.416 e. The Kier molecular flexibility index (Phi) is 7.77. The van der Waals surface area contributed by atoms with E-state index in [0.717, 1.165) is 27.9 Å². The highest BCUT2D eigenvalue weighted by molar-refractivity contribution is 6.11. The Morgan fingerprint density at radius 2 is 0.759 bits per heavy atom. The molecule has 4 nitrogen and oxygen atoms in total. The molecule has 0 unspecified atom stereocenters. The maximum absolute atomic E-state index is 6.04. The molecule has 0 amide bonds. The van der Waals surface area contributed by atoms with Gasteiger partial charge in [-0.15, -0.1) is 10.2 Å². The minimum Gasteiger partial charge on any atom is -0.416 e. The molecule has 10 aromatic rings. The number of hydrogen-bond donors (Lipinski definition) is 0. The van der Waals surface area contributed by atoms with Crippen LogP contribution in [-0.2, 0) is 0 Å². The van der Waals surface area contributed by atoms with Crippen LogP contribution in [-0.4, -0.2) is 14.8 Å². The molecule has 0 aliphatic carbocycles. The van der Waals surface area contributed by atoms with Gasteiger partial charge in [-0.2, -0.15) is 0 Å². The van der Waals surface area contributed by atoms with Gasteiger partial charge in [-0.3, -0.25) is 0 Å². The summed E-state index contributed by atoms with van der Waals surface area (Å²) in [6.45, 7) is 0. The third kappa shape index (κ3) is 5.58. The van der Waals surface area contributed by atoms with Crippen LogP contribution in [0.2, 0.25) is 0 Å². The van der Waals surface area contributed by atoms with Crippen LogP contribution in [0.25, 0.3) is 94.9 Å². The van der Waals surface area contributed by atoms with Gasteiger partial charge in [-0.1, -0.05) is 146 Å². The van der Waals surface area contributed by atoms with E-state index in [1.54, 1.807) is 0 Å². The number of hydrogen-bond acceptors (Lipinski definition) is 3. The fourth-order valence-electron chi connectivity index (χ4n) is 7.62. The van der Waals surface area contributed by atoms with Gasteiger partial charge < -0.3 is 8.98 Å². The molecule has 2 aromatic heterocycles. The number of fused-ring (bicyclic) bond motifs is 3. The summed E-state index contributed by atoms with van der Waals surface area (Å²) in [5.74, 6) is 1.01. The van der Waals surface area contributed by atoms with Gasteiger partial charge in [-0.25, -0.2) is 0 Å². The second-order valence-electron chi connectivity index (χ2n) is 13.4. The van der Waals surface area contributed by atoms with Gasteiger partial charge in [0.1, 0.15) is 0 Å². The molecule has 0 aliphatic heterocycles. The molecule has 0 saturated heterocycles. The zero-order valence-electron chi connectivity index (χ0n) is 29.3. The van der Waals surface area contributed by atoms with Gasteiger partial charge in [0.2, 0.25) is 11.8 Å². The fraction of sp³-hybridized carbons (Fsp3) is 0. The monoisotopic (exact) mass is 691 g/mol. The highest BCUT2D eigenvalue weighted by atomic mass is 16.4. The predicted molar refractivity (Wildman–Crippen MR) is 221 cm³/mol. The lowest BCUT2D eigenvalue weighted by Gasteiger charge is -2.15. The van der Waals surface area contributed by atoms with Crippen LogP contribution >= 0.6 is 0 Å². The van der Waals surface area contributed by atoms with Crippen molar-refractivity contribution in [3.8, 4) is 73.1 Å². The van der Waals surface area contributed by atoms with Crippen molar-refractivity contribution in [3.05, 3.63) is 200 Å². The van der Waals surface area contributed by atoms with E-state index < -0.39 is 0 Å². The summed E-state index contributed by atoms with van der Waals surface area (Å²) >= 11 is 0. The molecule has 0 atom stereocenters. The molecule has 0 bridgehead atoms. The molecule has 0 fully saturated rings. The number of rotatable bonds is 7. The Morgan fingerprint density at radius 3 is 1.43 bits per heavy atom. The van der Waals surface area contributed by atoms with Crippen molar-refractivity contribution in [2.24, 2.45) is 0 Å².